The van der Waals surface area contributed by atoms with Crippen LogP contribution < -0.4 is 0 Å². The number of hydrogen-bond acceptors (Lipinski definition) is 4. The predicted molar refractivity (Wildman–Crippen MR) is 35.3 cm³/mol. The molecule has 0 aromatic carbocycles. The Morgan fingerprint density at radius 2 is 1.57 bits per heavy atom. The van der Waals surface area contributed by atoms with Gasteiger partial charge in [0.2, 0.25) is 5.82 Å². The third-order valence-electron chi connectivity index (χ3n) is 1.16. The second-order valence-corrected chi connectivity index (χ2v) is 3.53. The zero-order valence-corrected chi connectivity index (χ0v) is 7.10. The molecule has 0 saturated heterocycles. The van der Waals surface area contributed by atoms with Crippen molar-refractivity contribution in [3.05, 3.63) is 18.2 Å². The lowest BCUT2D eigenvalue weighted by atomic mass is 10.5. The fourth-order valence-corrected chi connectivity index (χ4v) is 0.946. The summed E-state index contributed by atoms with van der Waals surface area (Å²) < 4.78 is 68.0. The summed E-state index contributed by atoms with van der Waals surface area (Å²) in [6, 6.07) is 0. The highest BCUT2D eigenvalue weighted by Crippen LogP contribution is 2.25. The molecule has 78 valence electrons. The van der Waals surface area contributed by atoms with Crippen LogP contribution in [0.3, 0.4) is 0 Å². The summed E-state index contributed by atoms with van der Waals surface area (Å²) in [6.45, 7) is 0. The van der Waals surface area contributed by atoms with E-state index in [9.17, 15) is 25.5 Å². The van der Waals surface area contributed by atoms with E-state index >= 15 is 0 Å². The van der Waals surface area contributed by atoms with Crippen molar-refractivity contribution < 1.29 is 25.5 Å². The quantitative estimate of drug-likeness (QED) is 0.536. The van der Waals surface area contributed by atoms with Gasteiger partial charge in [0.05, 0.1) is 12.4 Å². The smallest absolute Gasteiger partial charge is 0.231 e. The van der Waals surface area contributed by atoms with Crippen molar-refractivity contribution in [2.24, 2.45) is 0 Å². The summed E-state index contributed by atoms with van der Waals surface area (Å²) in [4.78, 5) is 4.31. The average molecular weight is 230 g/mol. The van der Waals surface area contributed by atoms with E-state index in [1.165, 1.54) is 0 Å². The van der Waals surface area contributed by atoms with Crippen LogP contribution in [0.2, 0.25) is 0 Å². The number of halogens is 4. The lowest BCUT2D eigenvalue weighted by Gasteiger charge is -2.03. The van der Waals surface area contributed by atoms with E-state index in [0.29, 0.717) is 0 Å². The van der Waals surface area contributed by atoms with Gasteiger partial charge in [0.1, 0.15) is 4.90 Å². The Kier molecular flexibility index (Phi) is 2.44. The van der Waals surface area contributed by atoms with E-state index in [1.807, 2.05) is 0 Å². The summed E-state index contributed by atoms with van der Waals surface area (Å²) in [5, 5.41) is 0. The Hall–Kier alpha value is -1.25. The molecule has 1 aromatic heterocycles. The Labute approximate surface area is 75.8 Å². The monoisotopic (exact) mass is 230 g/mol. The fraction of sp³-hybridized carbons (Fsp3) is 0.200. The molecule has 0 aliphatic heterocycles. The molecule has 0 unspecified atom stereocenters. The van der Waals surface area contributed by atoms with Crippen LogP contribution in [0, 0.1) is 0 Å². The van der Waals surface area contributed by atoms with Crippen molar-refractivity contribution in [2.45, 2.75) is 11.1 Å². The minimum Gasteiger partial charge on any atom is -0.231 e. The Bertz CT molecular complexity index is 424. The van der Waals surface area contributed by atoms with Crippen molar-refractivity contribution >= 4 is 10.2 Å². The lowest BCUT2D eigenvalue weighted by molar-refractivity contribution is -0.145. The van der Waals surface area contributed by atoms with Crippen LogP contribution in [0.1, 0.15) is 5.82 Å². The van der Waals surface area contributed by atoms with Gasteiger partial charge in [0.25, 0.3) is 0 Å². The van der Waals surface area contributed by atoms with Crippen molar-refractivity contribution in [3.63, 3.8) is 0 Å². The first-order chi connectivity index (χ1) is 6.21. The van der Waals surface area contributed by atoms with Gasteiger partial charge in [0.15, 0.2) is 0 Å². The van der Waals surface area contributed by atoms with Gasteiger partial charge in [-0.1, -0.05) is 0 Å². The van der Waals surface area contributed by atoms with Crippen LogP contribution in [-0.2, 0) is 16.4 Å². The van der Waals surface area contributed by atoms with Gasteiger partial charge in [-0.2, -0.15) is 21.6 Å². The van der Waals surface area contributed by atoms with Gasteiger partial charge in [0, 0.05) is 0 Å². The molecule has 0 fully saturated rings. The second-order valence-electron chi connectivity index (χ2n) is 2.18. The number of rotatable bonds is 1. The molecule has 1 heterocycles. The standard InChI is InChI=1S/C5H2F4N2O2S/c6-5(7,8)4-10-1-3(2-11-4)14(9,12)13/h1-2H. The molecule has 0 radical (unpaired) electrons. The first-order valence-corrected chi connectivity index (χ1v) is 4.43. The van der Waals surface area contributed by atoms with Crippen molar-refractivity contribution in [1.82, 2.24) is 9.97 Å². The number of alkyl halides is 3. The number of aromatic nitrogens is 2. The zero-order valence-electron chi connectivity index (χ0n) is 6.29. The number of nitrogens with zero attached hydrogens (tertiary/aromatic N) is 2. The normalized spacial score (nSPS) is 12.9. The molecule has 0 aliphatic carbocycles. The molecule has 1 rings (SSSR count). The third kappa shape index (κ3) is 2.37. The van der Waals surface area contributed by atoms with Gasteiger partial charge in [-0.05, 0) is 0 Å². The van der Waals surface area contributed by atoms with Crippen LogP contribution in [0.4, 0.5) is 17.1 Å². The van der Waals surface area contributed by atoms with Crippen LogP contribution in [0.15, 0.2) is 17.3 Å². The first-order valence-electron chi connectivity index (χ1n) is 3.05. The van der Waals surface area contributed by atoms with E-state index in [4.69, 9.17) is 0 Å². The maximum absolute atomic E-state index is 12.2. The van der Waals surface area contributed by atoms with Crippen molar-refractivity contribution in [1.29, 1.82) is 0 Å². The molecular formula is C5H2F4N2O2S. The molecule has 4 nitrogen and oxygen atoms in total. The minimum absolute atomic E-state index is 0.255. The SMILES string of the molecule is O=S(=O)(F)c1cnc(C(F)(F)F)nc1. The van der Waals surface area contributed by atoms with E-state index in [2.05, 4.69) is 9.97 Å². The van der Waals surface area contributed by atoms with Crippen LogP contribution in [0.25, 0.3) is 0 Å². The molecule has 0 saturated carbocycles. The molecule has 1 aromatic rings. The highest BCUT2D eigenvalue weighted by molar-refractivity contribution is 7.86. The molecule has 9 heteroatoms. The minimum atomic E-state index is -5.06. The Morgan fingerprint density at radius 3 is 1.86 bits per heavy atom. The predicted octanol–water partition coefficient (Wildman–Crippen LogP) is 1.15. The molecular weight excluding hydrogens is 228 g/mol. The summed E-state index contributed by atoms with van der Waals surface area (Å²) >= 11 is 0. The summed E-state index contributed by atoms with van der Waals surface area (Å²) in [5.74, 6) is -1.52. The fourth-order valence-electron chi connectivity index (χ4n) is 0.588. The molecule has 0 aliphatic rings. The van der Waals surface area contributed by atoms with Crippen LogP contribution >= 0.6 is 0 Å². The average Bonchev–Trinajstić information content (AvgIpc) is 2.01. The lowest BCUT2D eigenvalue weighted by Crippen LogP contribution is -2.11. The second kappa shape index (κ2) is 3.15. The molecule has 14 heavy (non-hydrogen) atoms. The summed E-state index contributed by atoms with van der Waals surface area (Å²) in [5.41, 5.74) is 0. The summed E-state index contributed by atoms with van der Waals surface area (Å²) in [6.07, 6.45) is -4.27. The van der Waals surface area contributed by atoms with Gasteiger partial charge in [-0.25, -0.2) is 9.97 Å². The van der Waals surface area contributed by atoms with Gasteiger partial charge >= 0.3 is 16.4 Å². The molecule has 0 bridgehead atoms. The van der Waals surface area contributed by atoms with Crippen molar-refractivity contribution in [2.75, 3.05) is 0 Å². The Balaban J connectivity index is 3.14. The van der Waals surface area contributed by atoms with E-state index in [1.54, 1.807) is 0 Å². The Morgan fingerprint density at radius 1 is 1.14 bits per heavy atom. The number of hydrogen-bond donors (Lipinski definition) is 0. The first kappa shape index (κ1) is 10.8. The van der Waals surface area contributed by atoms with Crippen molar-refractivity contribution in [3.8, 4) is 0 Å². The zero-order chi connectivity index (χ0) is 11.0. The largest absolute Gasteiger partial charge is 0.451 e. The summed E-state index contributed by atoms with van der Waals surface area (Å²) in [7, 11) is -5.06. The van der Waals surface area contributed by atoms with Gasteiger partial charge in [-0.15, -0.1) is 3.89 Å². The third-order valence-corrected chi connectivity index (χ3v) is 1.94. The van der Waals surface area contributed by atoms with Gasteiger partial charge in [-0.3, -0.25) is 0 Å². The highest BCUT2D eigenvalue weighted by Gasteiger charge is 2.34. The molecule has 0 spiro atoms. The molecule has 0 amide bonds. The van der Waals surface area contributed by atoms with Crippen LogP contribution in [0.5, 0.6) is 0 Å². The van der Waals surface area contributed by atoms with E-state index < -0.39 is 27.1 Å². The van der Waals surface area contributed by atoms with Gasteiger partial charge < -0.3 is 0 Å². The van der Waals surface area contributed by atoms with Crippen LogP contribution in [-0.4, -0.2) is 18.4 Å². The maximum Gasteiger partial charge on any atom is 0.451 e. The van der Waals surface area contributed by atoms with E-state index in [0.717, 1.165) is 0 Å². The highest BCUT2D eigenvalue weighted by atomic mass is 32.3. The molecule has 0 N–H and O–H groups in total. The van der Waals surface area contributed by atoms with E-state index in [-0.39, 0.29) is 12.4 Å². The maximum atomic E-state index is 12.2. The topological polar surface area (TPSA) is 59.9 Å². The molecule has 0 atom stereocenters.